The number of nitrogens with zero attached hydrogens (tertiary/aromatic N) is 2. The number of nitriles is 1. The molecule has 3 amide bonds. The van der Waals surface area contributed by atoms with Crippen molar-refractivity contribution in [3.05, 3.63) is 70.8 Å². The van der Waals surface area contributed by atoms with Crippen LogP contribution in [0.15, 0.2) is 48.5 Å². The Morgan fingerprint density at radius 1 is 0.886 bits per heavy atom. The monoisotopic (exact) mass is 624 g/mol. The SMILES string of the molecule is Cc1cc(C)cc(C(C(=O)NC(Cc2ccccc2)C(=O)OC(C)(C)C)N(CC#N)C(=O)C(CS)NC(=O)OC(C)(C)C)c1. The average Bonchev–Trinajstić information content (AvgIpc) is 2.89. The fraction of sp³-hybridized carbons (Fsp3) is 0.485. The second-order valence-electron chi connectivity index (χ2n) is 12.6. The Hall–Kier alpha value is -4.04. The maximum atomic E-state index is 14.2. The third kappa shape index (κ3) is 11.6. The molecular formula is C33H44N4O6S. The summed E-state index contributed by atoms with van der Waals surface area (Å²) in [5.41, 5.74) is 1.23. The first kappa shape index (κ1) is 36.2. The molecule has 3 unspecified atom stereocenters. The van der Waals surface area contributed by atoms with E-state index < -0.39 is 59.7 Å². The highest BCUT2D eigenvalue weighted by atomic mass is 32.1. The number of alkyl carbamates (subject to hydrolysis) is 1. The van der Waals surface area contributed by atoms with Crippen molar-refractivity contribution in [2.75, 3.05) is 12.3 Å². The van der Waals surface area contributed by atoms with Gasteiger partial charge in [-0.3, -0.25) is 9.59 Å². The molecule has 0 radical (unpaired) electrons. The second kappa shape index (κ2) is 15.6. The number of carbonyl (C=O) groups is 4. The van der Waals surface area contributed by atoms with Crippen molar-refractivity contribution in [3.63, 3.8) is 0 Å². The van der Waals surface area contributed by atoms with Gasteiger partial charge in [-0.2, -0.15) is 17.9 Å². The van der Waals surface area contributed by atoms with Gasteiger partial charge in [0.15, 0.2) is 0 Å². The maximum absolute atomic E-state index is 14.2. The van der Waals surface area contributed by atoms with Crippen LogP contribution in [-0.2, 0) is 30.3 Å². The van der Waals surface area contributed by atoms with E-state index in [1.54, 1.807) is 53.7 Å². The van der Waals surface area contributed by atoms with Crippen molar-refractivity contribution in [1.29, 1.82) is 5.26 Å². The van der Waals surface area contributed by atoms with Crippen molar-refractivity contribution in [3.8, 4) is 6.07 Å². The molecule has 0 saturated heterocycles. The normalized spacial score (nSPS) is 13.5. The lowest BCUT2D eigenvalue weighted by Gasteiger charge is -2.34. The molecule has 10 nitrogen and oxygen atoms in total. The van der Waals surface area contributed by atoms with E-state index >= 15 is 0 Å². The molecule has 11 heteroatoms. The lowest BCUT2D eigenvalue weighted by molar-refractivity contribution is -0.159. The quantitative estimate of drug-likeness (QED) is 0.189. The molecule has 0 saturated carbocycles. The van der Waals surface area contributed by atoms with Gasteiger partial charge >= 0.3 is 12.1 Å². The number of esters is 1. The van der Waals surface area contributed by atoms with Crippen LogP contribution in [-0.4, -0.2) is 64.4 Å². The zero-order valence-electron chi connectivity index (χ0n) is 26.8. The van der Waals surface area contributed by atoms with Crippen LogP contribution < -0.4 is 10.6 Å². The van der Waals surface area contributed by atoms with Crippen LogP contribution in [0.25, 0.3) is 0 Å². The van der Waals surface area contributed by atoms with E-state index in [1.165, 1.54) is 0 Å². The molecule has 3 atom stereocenters. The highest BCUT2D eigenvalue weighted by molar-refractivity contribution is 7.80. The minimum atomic E-state index is -1.33. The lowest BCUT2D eigenvalue weighted by Crippen LogP contribution is -2.55. The number of hydrogen-bond acceptors (Lipinski definition) is 8. The van der Waals surface area contributed by atoms with E-state index in [-0.39, 0.29) is 12.2 Å². The summed E-state index contributed by atoms with van der Waals surface area (Å²) in [5, 5.41) is 15.1. The summed E-state index contributed by atoms with van der Waals surface area (Å²) < 4.78 is 10.9. The van der Waals surface area contributed by atoms with Crippen molar-refractivity contribution in [2.45, 2.75) is 91.1 Å². The summed E-state index contributed by atoms with van der Waals surface area (Å²) in [6.07, 6.45) is -0.714. The van der Waals surface area contributed by atoms with Crippen LogP contribution in [0.4, 0.5) is 4.79 Å². The Labute approximate surface area is 265 Å². The van der Waals surface area contributed by atoms with Gasteiger partial charge in [0, 0.05) is 12.2 Å². The molecule has 0 aromatic heterocycles. The molecule has 2 N–H and O–H groups in total. The van der Waals surface area contributed by atoms with Gasteiger partial charge in [0.2, 0.25) is 11.8 Å². The lowest BCUT2D eigenvalue weighted by atomic mass is 9.97. The van der Waals surface area contributed by atoms with Crippen LogP contribution in [0, 0.1) is 25.2 Å². The topological polar surface area (TPSA) is 138 Å². The summed E-state index contributed by atoms with van der Waals surface area (Å²) in [7, 11) is 0. The Morgan fingerprint density at radius 2 is 1.45 bits per heavy atom. The van der Waals surface area contributed by atoms with Gasteiger partial charge in [0.25, 0.3) is 0 Å². The summed E-state index contributed by atoms with van der Waals surface area (Å²) >= 11 is 4.26. The average molecular weight is 625 g/mol. The number of nitrogens with one attached hydrogen (secondary N) is 2. The second-order valence-corrected chi connectivity index (χ2v) is 13.0. The molecule has 2 aromatic carbocycles. The highest BCUT2D eigenvalue weighted by Gasteiger charge is 2.38. The molecule has 0 aliphatic heterocycles. The van der Waals surface area contributed by atoms with Gasteiger partial charge in [-0.1, -0.05) is 59.7 Å². The van der Waals surface area contributed by atoms with E-state index in [0.717, 1.165) is 21.6 Å². The molecule has 44 heavy (non-hydrogen) atoms. The summed E-state index contributed by atoms with van der Waals surface area (Å²) in [6.45, 7) is 13.5. The number of amides is 3. The smallest absolute Gasteiger partial charge is 0.408 e. The van der Waals surface area contributed by atoms with Crippen molar-refractivity contribution >= 4 is 36.5 Å². The Balaban J connectivity index is 2.58. The van der Waals surface area contributed by atoms with Gasteiger partial charge in [-0.15, -0.1) is 0 Å². The molecule has 238 valence electrons. The zero-order valence-corrected chi connectivity index (χ0v) is 27.7. The fourth-order valence-corrected chi connectivity index (χ4v) is 4.76. The van der Waals surface area contributed by atoms with E-state index in [9.17, 15) is 24.4 Å². The van der Waals surface area contributed by atoms with E-state index in [1.807, 2.05) is 56.3 Å². The number of carbonyl (C=O) groups excluding carboxylic acids is 4. The number of thiol groups is 1. The van der Waals surface area contributed by atoms with Gasteiger partial charge < -0.3 is 25.0 Å². The van der Waals surface area contributed by atoms with Crippen LogP contribution in [0.1, 0.15) is 69.8 Å². The maximum Gasteiger partial charge on any atom is 0.408 e. The van der Waals surface area contributed by atoms with Crippen LogP contribution in [0.5, 0.6) is 0 Å². The zero-order chi connectivity index (χ0) is 33.2. The third-order valence-electron chi connectivity index (χ3n) is 6.11. The van der Waals surface area contributed by atoms with Gasteiger partial charge in [-0.25, -0.2) is 9.59 Å². The summed E-state index contributed by atoms with van der Waals surface area (Å²) in [6, 6.07) is 12.9. The standard InChI is InChI=1S/C33H44N4O6S/c1-21-16-22(2)18-24(17-21)27(37(15-14-34)29(39)26(20-44)36-31(41)43-33(6,7)8)28(38)35-25(30(40)42-32(3,4)5)19-23-12-10-9-11-13-23/h9-13,16-18,25-27,44H,15,19-20H2,1-8H3,(H,35,38)(H,36,41). The summed E-state index contributed by atoms with van der Waals surface area (Å²) in [4.78, 5) is 55.1. The minimum Gasteiger partial charge on any atom is -0.458 e. The highest BCUT2D eigenvalue weighted by Crippen LogP contribution is 2.26. The summed E-state index contributed by atoms with van der Waals surface area (Å²) in [5.74, 6) is -2.19. The Morgan fingerprint density at radius 3 is 1.95 bits per heavy atom. The van der Waals surface area contributed by atoms with E-state index in [2.05, 4.69) is 23.3 Å². The molecule has 0 aliphatic carbocycles. The van der Waals surface area contributed by atoms with Crippen molar-refractivity contribution < 1.29 is 28.7 Å². The van der Waals surface area contributed by atoms with Crippen LogP contribution >= 0.6 is 12.6 Å². The number of rotatable bonds is 11. The molecule has 0 fully saturated rings. The van der Waals surface area contributed by atoms with Crippen molar-refractivity contribution in [1.82, 2.24) is 15.5 Å². The first-order valence-electron chi connectivity index (χ1n) is 14.4. The first-order chi connectivity index (χ1) is 20.4. The Kier molecular flexibility index (Phi) is 12.8. The number of hydrogen-bond donors (Lipinski definition) is 3. The van der Waals surface area contributed by atoms with Crippen LogP contribution in [0.3, 0.4) is 0 Å². The minimum absolute atomic E-state index is 0.129. The van der Waals surface area contributed by atoms with Crippen molar-refractivity contribution in [2.24, 2.45) is 0 Å². The third-order valence-corrected chi connectivity index (χ3v) is 6.47. The molecular weight excluding hydrogens is 580 g/mol. The van der Waals surface area contributed by atoms with Gasteiger partial charge in [0.05, 0.1) is 6.07 Å². The van der Waals surface area contributed by atoms with Gasteiger partial charge in [-0.05, 0) is 66.5 Å². The molecule has 0 heterocycles. The number of ether oxygens (including phenoxy) is 2. The van der Waals surface area contributed by atoms with Gasteiger partial charge in [0.1, 0.15) is 35.9 Å². The largest absolute Gasteiger partial charge is 0.458 e. The molecule has 0 aliphatic rings. The molecule has 2 rings (SSSR count). The predicted octanol–water partition coefficient (Wildman–Crippen LogP) is 4.59. The van der Waals surface area contributed by atoms with E-state index in [0.29, 0.717) is 5.56 Å². The number of benzene rings is 2. The Bertz CT molecular complexity index is 1340. The van der Waals surface area contributed by atoms with Crippen LogP contribution in [0.2, 0.25) is 0 Å². The number of aryl methyl sites for hydroxylation is 2. The molecule has 2 aromatic rings. The first-order valence-corrected chi connectivity index (χ1v) is 15.0. The molecule has 0 spiro atoms. The molecule has 0 bridgehead atoms. The van der Waals surface area contributed by atoms with E-state index in [4.69, 9.17) is 9.47 Å². The fourth-order valence-electron chi connectivity index (χ4n) is 4.52. The predicted molar refractivity (Wildman–Crippen MR) is 171 cm³/mol.